The quantitative estimate of drug-likeness (QED) is 0.688. The first-order valence-corrected chi connectivity index (χ1v) is 4.50. The third-order valence-corrected chi connectivity index (χ3v) is 2.23. The summed E-state index contributed by atoms with van der Waals surface area (Å²) in [4.78, 5) is 12.3. The molecule has 0 aromatic carbocycles. The Morgan fingerprint density at radius 3 is 3.08 bits per heavy atom. The largest absolute Gasteiger partial charge is 0.465 e. The van der Waals surface area contributed by atoms with Crippen LogP contribution in [0.2, 0.25) is 0 Å². The molecule has 0 bridgehead atoms. The molecule has 1 aliphatic heterocycles. The second-order valence-corrected chi connectivity index (χ2v) is 3.28. The number of rotatable bonds is 3. The predicted molar refractivity (Wildman–Crippen MR) is 46.6 cm³/mol. The fourth-order valence-electron chi connectivity index (χ4n) is 1.67. The van der Waals surface area contributed by atoms with Crippen molar-refractivity contribution >= 4 is 6.09 Å². The Kier molecular flexibility index (Phi) is 3.95. The monoisotopic (exact) mass is 190 g/mol. The zero-order valence-electron chi connectivity index (χ0n) is 7.50. The van der Waals surface area contributed by atoms with Crippen LogP contribution in [-0.2, 0) is 0 Å². The van der Waals surface area contributed by atoms with Crippen molar-refractivity contribution in [3.8, 4) is 0 Å². The van der Waals surface area contributed by atoms with Crippen molar-refractivity contribution in [1.82, 2.24) is 10.2 Å². The topological polar surface area (TPSA) is 52.6 Å². The van der Waals surface area contributed by atoms with Gasteiger partial charge >= 0.3 is 6.09 Å². The minimum Gasteiger partial charge on any atom is -0.465 e. The van der Waals surface area contributed by atoms with Crippen LogP contribution in [0.5, 0.6) is 0 Å². The fraction of sp³-hybridized carbons (Fsp3) is 0.875. The van der Waals surface area contributed by atoms with Gasteiger partial charge in [-0.25, -0.2) is 9.18 Å². The van der Waals surface area contributed by atoms with Crippen LogP contribution >= 0.6 is 0 Å². The molecular formula is C8H15FN2O2. The minimum absolute atomic E-state index is 0.0298. The minimum atomic E-state index is -0.993. The molecule has 4 nitrogen and oxygen atoms in total. The lowest BCUT2D eigenvalue weighted by Crippen LogP contribution is -2.47. The van der Waals surface area contributed by atoms with E-state index in [4.69, 9.17) is 5.11 Å². The van der Waals surface area contributed by atoms with E-state index < -0.39 is 6.09 Å². The molecule has 0 unspecified atom stereocenters. The first-order chi connectivity index (χ1) is 6.22. The number of carbonyl (C=O) groups is 1. The van der Waals surface area contributed by atoms with E-state index in [1.807, 2.05) is 4.90 Å². The zero-order chi connectivity index (χ0) is 9.68. The van der Waals surface area contributed by atoms with Crippen LogP contribution in [0, 0.1) is 0 Å². The number of alkyl halides is 1. The van der Waals surface area contributed by atoms with E-state index in [2.05, 4.69) is 5.32 Å². The van der Waals surface area contributed by atoms with Crippen molar-refractivity contribution in [3.63, 3.8) is 0 Å². The molecule has 0 aliphatic carbocycles. The summed E-state index contributed by atoms with van der Waals surface area (Å²) in [6.07, 6.45) is 0.798. The Morgan fingerprint density at radius 2 is 2.46 bits per heavy atom. The Bertz CT molecular complexity index is 176. The van der Waals surface area contributed by atoms with Crippen LogP contribution in [0.1, 0.15) is 12.8 Å². The maximum absolute atomic E-state index is 12.0. The molecule has 76 valence electrons. The molecule has 0 saturated carbocycles. The van der Waals surface area contributed by atoms with E-state index in [0.717, 1.165) is 19.4 Å². The summed E-state index contributed by atoms with van der Waals surface area (Å²) in [6, 6.07) is -0.0298. The first-order valence-electron chi connectivity index (χ1n) is 4.50. The summed E-state index contributed by atoms with van der Waals surface area (Å²) in [6.45, 7) is 1.57. The third-order valence-electron chi connectivity index (χ3n) is 2.23. The molecule has 5 heteroatoms. The summed E-state index contributed by atoms with van der Waals surface area (Å²) in [5.74, 6) is 0. The number of hydrogen-bond acceptors (Lipinski definition) is 2. The van der Waals surface area contributed by atoms with Crippen LogP contribution in [0.4, 0.5) is 9.18 Å². The number of hydrogen-bond donors (Lipinski definition) is 2. The average molecular weight is 190 g/mol. The maximum Gasteiger partial charge on any atom is 0.404 e. The summed E-state index contributed by atoms with van der Waals surface area (Å²) < 4.78 is 12.0. The van der Waals surface area contributed by atoms with Gasteiger partial charge in [0.05, 0.1) is 0 Å². The molecule has 1 saturated heterocycles. The number of likely N-dealkylation sites (tertiary alicyclic amines) is 1. The SMILES string of the molecule is O=C(O)N[C@@H]1CCCN(CCF)C1. The molecule has 1 rings (SSSR count). The Hall–Kier alpha value is -0.840. The van der Waals surface area contributed by atoms with E-state index in [0.29, 0.717) is 13.1 Å². The number of carboxylic acid groups (broad SMARTS) is 1. The van der Waals surface area contributed by atoms with E-state index in [9.17, 15) is 9.18 Å². The van der Waals surface area contributed by atoms with Gasteiger partial charge in [-0.1, -0.05) is 0 Å². The van der Waals surface area contributed by atoms with Gasteiger partial charge in [0.1, 0.15) is 6.67 Å². The number of nitrogens with one attached hydrogen (secondary N) is 1. The third kappa shape index (κ3) is 3.59. The van der Waals surface area contributed by atoms with Gasteiger partial charge in [-0.3, -0.25) is 4.90 Å². The highest BCUT2D eigenvalue weighted by molar-refractivity contribution is 5.64. The van der Waals surface area contributed by atoms with Gasteiger partial charge in [0.15, 0.2) is 0 Å². The van der Waals surface area contributed by atoms with Crippen molar-refractivity contribution in [1.29, 1.82) is 0 Å². The van der Waals surface area contributed by atoms with Crippen molar-refractivity contribution in [2.45, 2.75) is 18.9 Å². The van der Waals surface area contributed by atoms with E-state index in [-0.39, 0.29) is 12.7 Å². The zero-order valence-corrected chi connectivity index (χ0v) is 7.50. The van der Waals surface area contributed by atoms with Gasteiger partial charge in [-0.2, -0.15) is 0 Å². The molecule has 0 spiro atoms. The van der Waals surface area contributed by atoms with E-state index in [1.54, 1.807) is 0 Å². The average Bonchev–Trinajstić information content (AvgIpc) is 2.04. The molecule has 0 aromatic rings. The van der Waals surface area contributed by atoms with Crippen molar-refractivity contribution in [2.75, 3.05) is 26.3 Å². The van der Waals surface area contributed by atoms with Gasteiger partial charge in [-0.15, -0.1) is 0 Å². The summed E-state index contributed by atoms with van der Waals surface area (Å²) in [7, 11) is 0. The molecule has 2 N–H and O–H groups in total. The van der Waals surface area contributed by atoms with Crippen LogP contribution in [-0.4, -0.2) is 48.5 Å². The van der Waals surface area contributed by atoms with Crippen molar-refractivity contribution in [3.05, 3.63) is 0 Å². The highest BCUT2D eigenvalue weighted by Crippen LogP contribution is 2.09. The molecule has 13 heavy (non-hydrogen) atoms. The highest BCUT2D eigenvalue weighted by atomic mass is 19.1. The highest BCUT2D eigenvalue weighted by Gasteiger charge is 2.20. The second-order valence-electron chi connectivity index (χ2n) is 3.28. The summed E-state index contributed by atoms with van der Waals surface area (Å²) in [5.41, 5.74) is 0. The smallest absolute Gasteiger partial charge is 0.404 e. The van der Waals surface area contributed by atoms with Gasteiger partial charge in [0, 0.05) is 19.1 Å². The molecule has 1 heterocycles. The lowest BCUT2D eigenvalue weighted by atomic mass is 10.1. The van der Waals surface area contributed by atoms with Crippen LogP contribution in [0.3, 0.4) is 0 Å². The number of piperidine rings is 1. The molecular weight excluding hydrogens is 175 g/mol. The Morgan fingerprint density at radius 1 is 1.69 bits per heavy atom. The van der Waals surface area contributed by atoms with E-state index >= 15 is 0 Å². The van der Waals surface area contributed by atoms with Gasteiger partial charge < -0.3 is 10.4 Å². The Balaban J connectivity index is 2.28. The first kappa shape index (κ1) is 10.2. The van der Waals surface area contributed by atoms with Crippen LogP contribution in [0.25, 0.3) is 0 Å². The van der Waals surface area contributed by atoms with Crippen LogP contribution < -0.4 is 5.32 Å². The fourth-order valence-corrected chi connectivity index (χ4v) is 1.67. The standard InChI is InChI=1S/C8H15FN2O2/c9-3-5-11-4-1-2-7(6-11)10-8(12)13/h7,10H,1-6H2,(H,12,13)/t7-/m1/s1. The lowest BCUT2D eigenvalue weighted by molar-refractivity contribution is 0.158. The molecule has 1 amide bonds. The molecule has 1 atom stereocenters. The normalized spacial score (nSPS) is 24.2. The van der Waals surface area contributed by atoms with Gasteiger partial charge in [0.25, 0.3) is 0 Å². The predicted octanol–water partition coefficient (Wildman–Crippen LogP) is 0.688. The molecule has 1 aliphatic rings. The number of halogens is 1. The summed E-state index contributed by atoms with van der Waals surface area (Å²) in [5, 5.41) is 10.9. The second kappa shape index (κ2) is 5.01. The van der Waals surface area contributed by atoms with E-state index in [1.165, 1.54) is 0 Å². The Labute approximate surface area is 76.7 Å². The molecule has 0 aromatic heterocycles. The number of nitrogens with zero attached hydrogens (tertiary/aromatic N) is 1. The maximum atomic E-state index is 12.0. The van der Waals surface area contributed by atoms with Crippen molar-refractivity contribution in [2.24, 2.45) is 0 Å². The lowest BCUT2D eigenvalue weighted by Gasteiger charge is -2.31. The molecule has 1 fully saturated rings. The van der Waals surface area contributed by atoms with Crippen molar-refractivity contribution < 1.29 is 14.3 Å². The molecule has 0 radical (unpaired) electrons. The van der Waals surface area contributed by atoms with Gasteiger partial charge in [0.2, 0.25) is 0 Å². The van der Waals surface area contributed by atoms with Gasteiger partial charge in [-0.05, 0) is 19.4 Å². The summed E-state index contributed by atoms with van der Waals surface area (Å²) >= 11 is 0. The van der Waals surface area contributed by atoms with Crippen LogP contribution in [0.15, 0.2) is 0 Å². The number of amides is 1.